The third kappa shape index (κ3) is 5.84. The highest BCUT2D eigenvalue weighted by Crippen LogP contribution is 2.40. The van der Waals surface area contributed by atoms with Gasteiger partial charge >= 0.3 is 11.9 Å². The fourth-order valence-electron chi connectivity index (χ4n) is 2.67. The minimum absolute atomic E-state index is 0.158. The maximum Gasteiger partial charge on any atom is 0.345 e. The molecule has 5 nitrogen and oxygen atoms in total. The van der Waals surface area contributed by atoms with Crippen LogP contribution < -0.4 is 0 Å². The Kier molecular flexibility index (Phi) is 7.24. The van der Waals surface area contributed by atoms with E-state index in [0.717, 1.165) is 11.1 Å². The van der Waals surface area contributed by atoms with Crippen molar-refractivity contribution in [3.05, 3.63) is 34.4 Å². The van der Waals surface area contributed by atoms with Gasteiger partial charge in [0.1, 0.15) is 11.3 Å². The number of carbonyl (C=O) groups is 2. The number of hydrogen-bond donors (Lipinski definition) is 1. The molecule has 0 aliphatic carbocycles. The molecule has 0 atom stereocenters. The minimum atomic E-state index is -0.723. The second-order valence-electron chi connectivity index (χ2n) is 8.46. The molecule has 0 aliphatic heterocycles. The number of phenols is 1. The third-order valence-electron chi connectivity index (χ3n) is 4.05. The van der Waals surface area contributed by atoms with Crippen LogP contribution in [0.3, 0.4) is 0 Å². The molecule has 0 fully saturated rings. The summed E-state index contributed by atoms with van der Waals surface area (Å²) in [7, 11) is 0. The lowest BCUT2D eigenvalue weighted by Crippen LogP contribution is -2.19. The van der Waals surface area contributed by atoms with Crippen LogP contribution >= 0.6 is 0 Å². The molecular weight excluding hydrogens is 344 g/mol. The van der Waals surface area contributed by atoms with Crippen LogP contribution in [-0.2, 0) is 29.9 Å². The van der Waals surface area contributed by atoms with E-state index in [9.17, 15) is 14.7 Å². The van der Waals surface area contributed by atoms with E-state index < -0.39 is 11.9 Å². The summed E-state index contributed by atoms with van der Waals surface area (Å²) in [6, 6.07) is 3.59. The molecule has 0 saturated heterocycles. The summed E-state index contributed by atoms with van der Waals surface area (Å²) in [5.74, 6) is -1.21. The first kappa shape index (κ1) is 22.7. The Morgan fingerprint density at radius 3 is 1.56 bits per heavy atom. The van der Waals surface area contributed by atoms with Crippen molar-refractivity contribution < 1.29 is 24.2 Å². The Morgan fingerprint density at radius 1 is 0.889 bits per heavy atom. The van der Waals surface area contributed by atoms with Crippen LogP contribution in [0.15, 0.2) is 17.7 Å². The smallest absolute Gasteiger partial charge is 0.345 e. The van der Waals surface area contributed by atoms with Gasteiger partial charge in [0.15, 0.2) is 0 Å². The van der Waals surface area contributed by atoms with Gasteiger partial charge in [0.2, 0.25) is 0 Å². The highest BCUT2D eigenvalue weighted by molar-refractivity contribution is 6.17. The van der Waals surface area contributed by atoms with Crippen LogP contribution in [0.1, 0.15) is 72.1 Å². The summed E-state index contributed by atoms with van der Waals surface area (Å²) in [4.78, 5) is 24.5. The Hall–Kier alpha value is -2.30. The van der Waals surface area contributed by atoms with Gasteiger partial charge in [-0.2, -0.15) is 0 Å². The van der Waals surface area contributed by atoms with E-state index in [0.29, 0.717) is 5.56 Å². The van der Waals surface area contributed by atoms with E-state index in [1.165, 1.54) is 6.08 Å². The highest BCUT2D eigenvalue weighted by atomic mass is 16.6. The SMILES string of the molecule is CCOC(=O)C(=Cc1cc(C(C)(C)C)c(O)c(C(C)(C)C)c1)C(=O)OCC. The number of carbonyl (C=O) groups excluding carboxylic acids is 2. The largest absolute Gasteiger partial charge is 0.507 e. The maximum atomic E-state index is 12.3. The normalized spacial score (nSPS) is 11.7. The molecular formula is C22H32O5. The van der Waals surface area contributed by atoms with Gasteiger partial charge in [-0.05, 0) is 48.4 Å². The van der Waals surface area contributed by atoms with Crippen LogP contribution in [0.4, 0.5) is 0 Å². The van der Waals surface area contributed by atoms with Crippen molar-refractivity contribution in [1.29, 1.82) is 0 Å². The van der Waals surface area contributed by atoms with E-state index in [1.807, 2.05) is 41.5 Å². The molecule has 27 heavy (non-hydrogen) atoms. The molecule has 0 amide bonds. The van der Waals surface area contributed by atoms with Crippen molar-refractivity contribution in [2.75, 3.05) is 13.2 Å². The number of rotatable bonds is 5. The second-order valence-corrected chi connectivity index (χ2v) is 8.46. The summed E-state index contributed by atoms with van der Waals surface area (Å²) in [5.41, 5.74) is 1.33. The lowest BCUT2D eigenvalue weighted by Gasteiger charge is -2.28. The molecule has 0 saturated carbocycles. The molecule has 0 radical (unpaired) electrons. The molecule has 0 unspecified atom stereocenters. The first-order valence-electron chi connectivity index (χ1n) is 9.26. The molecule has 0 bridgehead atoms. The second kappa shape index (κ2) is 8.59. The molecule has 0 aliphatic rings. The average Bonchev–Trinajstić information content (AvgIpc) is 2.51. The zero-order valence-corrected chi connectivity index (χ0v) is 17.7. The molecule has 1 aromatic rings. The summed E-state index contributed by atoms with van der Waals surface area (Å²) in [6.45, 7) is 15.7. The summed E-state index contributed by atoms with van der Waals surface area (Å²) in [6.07, 6.45) is 1.47. The molecule has 150 valence electrons. The Morgan fingerprint density at radius 2 is 1.26 bits per heavy atom. The van der Waals surface area contributed by atoms with E-state index in [-0.39, 0.29) is 35.4 Å². The molecule has 5 heteroatoms. The zero-order valence-electron chi connectivity index (χ0n) is 17.7. The first-order valence-corrected chi connectivity index (χ1v) is 9.26. The quantitative estimate of drug-likeness (QED) is 0.355. The van der Waals surface area contributed by atoms with Gasteiger partial charge < -0.3 is 14.6 Å². The Balaban J connectivity index is 3.68. The van der Waals surface area contributed by atoms with Gasteiger partial charge in [-0.1, -0.05) is 41.5 Å². The number of benzene rings is 1. The number of aromatic hydroxyl groups is 1. The summed E-state index contributed by atoms with van der Waals surface area (Å²) < 4.78 is 10.0. The van der Waals surface area contributed by atoms with Crippen LogP contribution in [0, 0.1) is 0 Å². The number of esters is 2. The molecule has 1 aromatic carbocycles. The minimum Gasteiger partial charge on any atom is -0.507 e. The number of hydrogen-bond acceptors (Lipinski definition) is 5. The third-order valence-corrected chi connectivity index (χ3v) is 4.05. The van der Waals surface area contributed by atoms with Gasteiger partial charge in [-0.25, -0.2) is 9.59 Å². The van der Waals surface area contributed by atoms with Gasteiger partial charge in [-0.15, -0.1) is 0 Å². The molecule has 0 spiro atoms. The van der Waals surface area contributed by atoms with Crippen LogP contribution in [0.5, 0.6) is 5.75 Å². The van der Waals surface area contributed by atoms with E-state index in [1.54, 1.807) is 26.0 Å². The lowest BCUT2D eigenvalue weighted by molar-refractivity contribution is -0.146. The van der Waals surface area contributed by atoms with Crippen molar-refractivity contribution in [2.45, 2.75) is 66.2 Å². The zero-order chi connectivity index (χ0) is 21.0. The van der Waals surface area contributed by atoms with Gasteiger partial charge in [0, 0.05) is 11.1 Å². The Bertz CT molecular complexity index is 675. The highest BCUT2D eigenvalue weighted by Gasteiger charge is 2.27. The van der Waals surface area contributed by atoms with Crippen molar-refractivity contribution in [3.8, 4) is 5.75 Å². The average molecular weight is 376 g/mol. The lowest BCUT2D eigenvalue weighted by atomic mass is 9.78. The van der Waals surface area contributed by atoms with Gasteiger partial charge in [0.25, 0.3) is 0 Å². The van der Waals surface area contributed by atoms with Crippen LogP contribution in [-0.4, -0.2) is 30.3 Å². The predicted octanol–water partition coefficient (Wildman–Crippen LogP) is 4.50. The summed E-state index contributed by atoms with van der Waals surface area (Å²) >= 11 is 0. The van der Waals surface area contributed by atoms with E-state index in [4.69, 9.17) is 9.47 Å². The van der Waals surface area contributed by atoms with E-state index >= 15 is 0 Å². The number of phenolic OH excluding ortho intramolecular Hbond substituents is 1. The Labute approximate surface area is 162 Å². The van der Waals surface area contributed by atoms with Crippen LogP contribution in [0.25, 0.3) is 6.08 Å². The van der Waals surface area contributed by atoms with Crippen molar-refractivity contribution in [3.63, 3.8) is 0 Å². The first-order chi connectivity index (χ1) is 12.3. The summed E-state index contributed by atoms with van der Waals surface area (Å²) in [5, 5.41) is 10.8. The monoisotopic (exact) mass is 376 g/mol. The maximum absolute atomic E-state index is 12.3. The van der Waals surface area contributed by atoms with Gasteiger partial charge in [0.05, 0.1) is 13.2 Å². The fourth-order valence-corrected chi connectivity index (χ4v) is 2.67. The number of ether oxygens (including phenoxy) is 2. The van der Waals surface area contributed by atoms with E-state index in [2.05, 4.69) is 0 Å². The fraction of sp³-hybridized carbons (Fsp3) is 0.545. The topological polar surface area (TPSA) is 72.8 Å². The predicted molar refractivity (Wildman–Crippen MR) is 107 cm³/mol. The van der Waals surface area contributed by atoms with Crippen molar-refractivity contribution >= 4 is 18.0 Å². The van der Waals surface area contributed by atoms with Crippen molar-refractivity contribution in [1.82, 2.24) is 0 Å². The standard InChI is InChI=1S/C22H32O5/c1-9-26-19(24)15(20(25)27-10-2)11-14-12-16(21(3,4)5)18(23)17(13-14)22(6,7)8/h11-13,23H,9-10H2,1-8H3. The molecule has 1 rings (SSSR count). The molecule has 1 N–H and O–H groups in total. The van der Waals surface area contributed by atoms with Gasteiger partial charge in [-0.3, -0.25) is 0 Å². The van der Waals surface area contributed by atoms with Crippen molar-refractivity contribution in [2.24, 2.45) is 0 Å². The molecule has 0 heterocycles. The molecule has 0 aromatic heterocycles. The van der Waals surface area contributed by atoms with Crippen LogP contribution in [0.2, 0.25) is 0 Å².